The van der Waals surface area contributed by atoms with Crippen LogP contribution in [0.4, 0.5) is 5.82 Å². The Morgan fingerprint density at radius 1 is 1.06 bits per heavy atom. The van der Waals surface area contributed by atoms with Crippen molar-refractivity contribution in [2.45, 2.75) is 25.3 Å². The lowest BCUT2D eigenvalue weighted by Gasteiger charge is -2.27. The zero-order valence-electron chi connectivity index (χ0n) is 19.3. The fraction of sp³-hybridized carbons (Fsp3) is 0.500. The summed E-state index contributed by atoms with van der Waals surface area (Å²) in [5, 5.41) is 8.84. The zero-order valence-corrected chi connectivity index (χ0v) is 19.3. The van der Waals surface area contributed by atoms with Crippen molar-refractivity contribution >= 4 is 17.6 Å². The van der Waals surface area contributed by atoms with Gasteiger partial charge in [0.15, 0.2) is 5.82 Å². The molecule has 2 aliphatic rings. The number of carbonyl (C=O) groups is 2. The predicted octanol–water partition coefficient (Wildman–Crippen LogP) is 1.83. The molecule has 0 radical (unpaired) electrons. The number of benzene rings is 1. The molecule has 0 bridgehead atoms. The van der Waals surface area contributed by atoms with Gasteiger partial charge in [0.2, 0.25) is 11.8 Å². The normalized spacial score (nSPS) is 16.3. The summed E-state index contributed by atoms with van der Waals surface area (Å²) in [6, 6.07) is 11.8. The van der Waals surface area contributed by atoms with E-state index >= 15 is 0 Å². The number of hydrogen-bond donors (Lipinski definition) is 0. The van der Waals surface area contributed by atoms with Gasteiger partial charge in [-0.05, 0) is 43.5 Å². The largest absolute Gasteiger partial charge is 0.497 e. The topological polar surface area (TPSA) is 88.1 Å². The van der Waals surface area contributed by atoms with E-state index in [0.29, 0.717) is 19.6 Å². The number of ether oxygens (including phenoxy) is 2. The van der Waals surface area contributed by atoms with Crippen LogP contribution in [0.25, 0.3) is 11.3 Å². The lowest BCUT2D eigenvalue weighted by atomic mass is 10.1. The molecule has 2 aromatic rings. The first-order chi connectivity index (χ1) is 16.1. The molecule has 1 aromatic heterocycles. The fourth-order valence-corrected chi connectivity index (χ4v) is 4.09. The molecule has 4 rings (SSSR count). The number of nitrogens with zero attached hydrogens (tertiary/aromatic N) is 5. The zero-order chi connectivity index (χ0) is 23.2. The highest BCUT2D eigenvalue weighted by Crippen LogP contribution is 2.27. The van der Waals surface area contributed by atoms with Gasteiger partial charge in [0.25, 0.3) is 0 Å². The lowest BCUT2D eigenvalue weighted by molar-refractivity contribution is -0.143. The molecule has 0 unspecified atom stereocenters. The van der Waals surface area contributed by atoms with Crippen LogP contribution in [-0.2, 0) is 14.3 Å². The minimum atomic E-state index is -0.115. The van der Waals surface area contributed by atoms with E-state index < -0.39 is 0 Å². The van der Waals surface area contributed by atoms with Crippen molar-refractivity contribution in [3.05, 3.63) is 36.4 Å². The molecule has 1 aliphatic carbocycles. The van der Waals surface area contributed by atoms with Crippen LogP contribution < -0.4 is 9.64 Å². The van der Waals surface area contributed by atoms with Crippen molar-refractivity contribution in [1.82, 2.24) is 20.0 Å². The van der Waals surface area contributed by atoms with Gasteiger partial charge in [0, 0.05) is 44.9 Å². The smallest absolute Gasteiger partial charge is 0.249 e. The van der Waals surface area contributed by atoms with Gasteiger partial charge in [-0.1, -0.05) is 12.1 Å². The highest BCUT2D eigenvalue weighted by atomic mass is 16.5. The number of rotatable bonds is 8. The molecular formula is C24H31N5O4. The highest BCUT2D eigenvalue weighted by molar-refractivity contribution is 5.86. The standard InChI is InChI=1S/C24H31N5O4/c1-32-17-24(31)29(19-7-8-19)16-23(30)28-12-4-11-27(13-14-28)22-10-9-21(25-26-22)18-5-3-6-20(15-18)33-2/h3,5-6,9-10,15,19H,4,7-8,11-14,16-17H2,1-2H3. The number of anilines is 1. The SMILES string of the molecule is COCC(=O)N(CC(=O)N1CCCN(c2ccc(-c3cccc(OC)c3)nn2)CC1)C1CC1. The average Bonchev–Trinajstić information content (AvgIpc) is 3.70. The van der Waals surface area contributed by atoms with Crippen molar-refractivity contribution in [3.8, 4) is 17.0 Å². The summed E-state index contributed by atoms with van der Waals surface area (Å²) in [7, 11) is 3.14. The molecule has 1 aliphatic heterocycles. The molecule has 0 atom stereocenters. The lowest BCUT2D eigenvalue weighted by Crippen LogP contribution is -2.46. The maximum Gasteiger partial charge on any atom is 0.249 e. The maximum atomic E-state index is 12.9. The summed E-state index contributed by atoms with van der Waals surface area (Å²) in [6.07, 6.45) is 2.75. The minimum Gasteiger partial charge on any atom is -0.497 e. The monoisotopic (exact) mass is 453 g/mol. The first-order valence-corrected chi connectivity index (χ1v) is 11.4. The molecule has 2 amide bonds. The number of carbonyl (C=O) groups excluding carboxylic acids is 2. The van der Waals surface area contributed by atoms with Gasteiger partial charge < -0.3 is 24.2 Å². The van der Waals surface area contributed by atoms with Crippen molar-refractivity contribution in [2.24, 2.45) is 0 Å². The van der Waals surface area contributed by atoms with Crippen LogP contribution in [0.5, 0.6) is 5.75 Å². The molecule has 1 saturated carbocycles. The number of aromatic nitrogens is 2. The van der Waals surface area contributed by atoms with Gasteiger partial charge >= 0.3 is 0 Å². The van der Waals surface area contributed by atoms with E-state index in [0.717, 1.165) is 48.6 Å². The molecular weight excluding hydrogens is 422 g/mol. The summed E-state index contributed by atoms with van der Waals surface area (Å²) in [5.74, 6) is 1.45. The molecule has 0 spiro atoms. The van der Waals surface area contributed by atoms with Gasteiger partial charge in [-0.15, -0.1) is 10.2 Å². The van der Waals surface area contributed by atoms with Crippen molar-refractivity contribution < 1.29 is 19.1 Å². The van der Waals surface area contributed by atoms with E-state index in [2.05, 4.69) is 15.1 Å². The van der Waals surface area contributed by atoms with E-state index in [1.165, 1.54) is 7.11 Å². The minimum absolute atomic E-state index is 0.00680. The highest BCUT2D eigenvalue weighted by Gasteiger charge is 2.34. The molecule has 9 heteroatoms. The third kappa shape index (κ3) is 5.78. The Balaban J connectivity index is 1.35. The molecule has 9 nitrogen and oxygen atoms in total. The fourth-order valence-electron chi connectivity index (χ4n) is 4.09. The van der Waals surface area contributed by atoms with Gasteiger partial charge in [-0.2, -0.15) is 0 Å². The summed E-state index contributed by atoms with van der Waals surface area (Å²) in [5.41, 5.74) is 1.73. The second kappa shape index (κ2) is 10.6. The van der Waals surface area contributed by atoms with E-state index in [4.69, 9.17) is 9.47 Å². The van der Waals surface area contributed by atoms with Crippen LogP contribution in [0, 0.1) is 0 Å². The van der Waals surface area contributed by atoms with Crippen molar-refractivity contribution in [2.75, 3.05) is 58.5 Å². The quantitative estimate of drug-likeness (QED) is 0.603. The molecule has 1 saturated heterocycles. The average molecular weight is 454 g/mol. The van der Waals surface area contributed by atoms with Gasteiger partial charge in [-0.25, -0.2) is 0 Å². The molecule has 1 aromatic carbocycles. The second-order valence-corrected chi connectivity index (χ2v) is 8.42. The predicted molar refractivity (Wildman–Crippen MR) is 124 cm³/mol. The van der Waals surface area contributed by atoms with Crippen LogP contribution in [-0.4, -0.2) is 91.4 Å². The van der Waals surface area contributed by atoms with Crippen LogP contribution in [0.15, 0.2) is 36.4 Å². The van der Waals surface area contributed by atoms with Gasteiger partial charge in [-0.3, -0.25) is 9.59 Å². The van der Waals surface area contributed by atoms with E-state index in [1.807, 2.05) is 41.3 Å². The van der Waals surface area contributed by atoms with Crippen LogP contribution >= 0.6 is 0 Å². The Morgan fingerprint density at radius 3 is 2.61 bits per heavy atom. The van der Waals surface area contributed by atoms with Crippen LogP contribution in [0.3, 0.4) is 0 Å². The van der Waals surface area contributed by atoms with E-state index in [1.54, 1.807) is 12.0 Å². The van der Waals surface area contributed by atoms with Crippen LogP contribution in [0.2, 0.25) is 0 Å². The van der Waals surface area contributed by atoms with Gasteiger partial charge in [0.05, 0.1) is 12.8 Å². The first kappa shape index (κ1) is 23.0. The van der Waals surface area contributed by atoms with Crippen molar-refractivity contribution in [1.29, 1.82) is 0 Å². The van der Waals surface area contributed by atoms with Gasteiger partial charge in [0.1, 0.15) is 18.9 Å². The van der Waals surface area contributed by atoms with Crippen LogP contribution in [0.1, 0.15) is 19.3 Å². The number of amides is 2. The van der Waals surface area contributed by atoms with Crippen molar-refractivity contribution in [3.63, 3.8) is 0 Å². The van der Waals surface area contributed by atoms with E-state index in [9.17, 15) is 9.59 Å². The molecule has 176 valence electrons. The molecule has 2 fully saturated rings. The number of hydrogen-bond acceptors (Lipinski definition) is 7. The Kier molecular flexibility index (Phi) is 7.39. The summed E-state index contributed by atoms with van der Waals surface area (Å²) < 4.78 is 10.3. The Labute approximate surface area is 194 Å². The third-order valence-electron chi connectivity index (χ3n) is 6.07. The summed E-state index contributed by atoms with van der Waals surface area (Å²) in [4.78, 5) is 30.9. The molecule has 0 N–H and O–H groups in total. The number of methoxy groups -OCH3 is 2. The second-order valence-electron chi connectivity index (χ2n) is 8.42. The molecule has 33 heavy (non-hydrogen) atoms. The maximum absolute atomic E-state index is 12.9. The first-order valence-electron chi connectivity index (χ1n) is 11.4. The Bertz CT molecular complexity index is 964. The van der Waals surface area contributed by atoms with E-state index in [-0.39, 0.29) is 31.0 Å². The summed E-state index contributed by atoms with van der Waals surface area (Å²) in [6.45, 7) is 2.88. The summed E-state index contributed by atoms with van der Waals surface area (Å²) >= 11 is 0. The Hall–Kier alpha value is -3.20. The third-order valence-corrected chi connectivity index (χ3v) is 6.07. The molecule has 2 heterocycles. The Morgan fingerprint density at radius 2 is 1.91 bits per heavy atom.